The highest BCUT2D eigenvalue weighted by Gasteiger charge is 2.36. The van der Waals surface area contributed by atoms with Gasteiger partial charge >= 0.3 is 0 Å². The number of aryl methyl sites for hydroxylation is 1. The van der Waals surface area contributed by atoms with Crippen molar-refractivity contribution in [2.24, 2.45) is 7.05 Å². The lowest BCUT2D eigenvalue weighted by molar-refractivity contribution is -0.134. The summed E-state index contributed by atoms with van der Waals surface area (Å²) in [6, 6.07) is 18.5. The lowest BCUT2D eigenvalue weighted by Gasteiger charge is -2.44. The predicted molar refractivity (Wildman–Crippen MR) is 124 cm³/mol. The zero-order chi connectivity index (χ0) is 22.1. The van der Waals surface area contributed by atoms with Crippen molar-refractivity contribution in [1.82, 2.24) is 25.2 Å². The van der Waals surface area contributed by atoms with Crippen LogP contribution in [0.1, 0.15) is 23.6 Å². The first-order valence-corrected chi connectivity index (χ1v) is 11.2. The largest absolute Gasteiger partial charge is 0.350 e. The Kier molecular flexibility index (Phi) is 5.68. The highest BCUT2D eigenvalue weighted by atomic mass is 16.2. The molecular weight excluding hydrogens is 402 g/mol. The first-order chi connectivity index (χ1) is 15.6. The van der Waals surface area contributed by atoms with Gasteiger partial charge in [0.25, 0.3) is 0 Å². The van der Waals surface area contributed by atoms with E-state index in [0.29, 0.717) is 25.9 Å². The van der Waals surface area contributed by atoms with Crippen LogP contribution in [-0.4, -0.2) is 58.4 Å². The van der Waals surface area contributed by atoms with Crippen molar-refractivity contribution in [3.05, 3.63) is 71.9 Å². The normalized spacial score (nSPS) is 22.2. The van der Waals surface area contributed by atoms with E-state index in [9.17, 15) is 9.59 Å². The van der Waals surface area contributed by atoms with Gasteiger partial charge < -0.3 is 9.47 Å². The van der Waals surface area contributed by atoms with Gasteiger partial charge in [-0.25, -0.2) is 5.43 Å². The van der Waals surface area contributed by atoms with Gasteiger partial charge in [0.15, 0.2) is 0 Å². The van der Waals surface area contributed by atoms with Gasteiger partial charge in [-0.15, -0.1) is 0 Å². The van der Waals surface area contributed by atoms with Crippen molar-refractivity contribution in [2.45, 2.75) is 24.9 Å². The molecule has 2 fully saturated rings. The second-order valence-corrected chi connectivity index (χ2v) is 8.73. The van der Waals surface area contributed by atoms with Gasteiger partial charge in [0.1, 0.15) is 0 Å². The van der Waals surface area contributed by atoms with Crippen LogP contribution >= 0.6 is 0 Å². The molecule has 32 heavy (non-hydrogen) atoms. The quantitative estimate of drug-likeness (QED) is 0.663. The summed E-state index contributed by atoms with van der Waals surface area (Å²) in [5.74, 6) is 0.178. The maximum absolute atomic E-state index is 13.1. The number of piperazine rings is 1. The van der Waals surface area contributed by atoms with Crippen molar-refractivity contribution in [1.29, 1.82) is 0 Å². The lowest BCUT2D eigenvalue weighted by atomic mass is 9.93. The van der Waals surface area contributed by atoms with E-state index in [-0.39, 0.29) is 23.9 Å². The second-order valence-electron chi connectivity index (χ2n) is 8.73. The van der Waals surface area contributed by atoms with Crippen LogP contribution in [0.3, 0.4) is 0 Å². The molecule has 2 amide bonds. The van der Waals surface area contributed by atoms with E-state index in [1.54, 1.807) is 0 Å². The predicted octanol–water partition coefficient (Wildman–Crippen LogP) is 2.00. The summed E-state index contributed by atoms with van der Waals surface area (Å²) in [7, 11) is 2.02. The maximum Gasteiger partial charge on any atom is 0.235 e. The first-order valence-electron chi connectivity index (χ1n) is 11.2. The van der Waals surface area contributed by atoms with Crippen LogP contribution in [0, 0.1) is 0 Å². The second kappa shape index (κ2) is 8.76. The number of nitrogens with one attached hydrogen (secondary N) is 2. The summed E-state index contributed by atoms with van der Waals surface area (Å²) < 4.78 is 2.08. The Morgan fingerprint density at radius 2 is 1.72 bits per heavy atom. The van der Waals surface area contributed by atoms with E-state index in [4.69, 9.17) is 0 Å². The molecule has 2 saturated heterocycles. The number of carbonyl (C=O) groups excluding carboxylic acids is 2. The minimum absolute atomic E-state index is 0.0108. The van der Waals surface area contributed by atoms with Crippen LogP contribution in [0.15, 0.2) is 60.8 Å². The fourth-order valence-corrected chi connectivity index (χ4v) is 5.06. The number of hydrogen-bond donors (Lipinski definition) is 2. The molecule has 7 nitrogen and oxygen atoms in total. The molecule has 0 saturated carbocycles. The Balaban J connectivity index is 1.25. The molecule has 2 atom stereocenters. The van der Waals surface area contributed by atoms with E-state index >= 15 is 0 Å². The molecule has 2 N–H and O–H groups in total. The number of hydrazine groups is 1. The van der Waals surface area contributed by atoms with Gasteiger partial charge in [0, 0.05) is 62.8 Å². The van der Waals surface area contributed by atoms with Gasteiger partial charge in [0.05, 0.1) is 12.5 Å². The van der Waals surface area contributed by atoms with Crippen LogP contribution in [0.25, 0.3) is 10.9 Å². The van der Waals surface area contributed by atoms with Crippen LogP contribution in [-0.2, 0) is 23.1 Å². The van der Waals surface area contributed by atoms with Gasteiger partial charge in [-0.1, -0.05) is 48.5 Å². The highest BCUT2D eigenvalue weighted by molar-refractivity contribution is 5.89. The molecule has 3 heterocycles. The third-order valence-corrected chi connectivity index (χ3v) is 6.76. The van der Waals surface area contributed by atoms with Crippen molar-refractivity contribution >= 4 is 22.7 Å². The van der Waals surface area contributed by atoms with E-state index in [2.05, 4.69) is 50.8 Å². The van der Waals surface area contributed by atoms with Gasteiger partial charge in [-0.3, -0.25) is 19.9 Å². The summed E-state index contributed by atoms with van der Waals surface area (Å²) in [6.45, 7) is 2.90. The molecule has 0 aliphatic carbocycles. The highest BCUT2D eigenvalue weighted by Crippen LogP contribution is 2.27. The first kappa shape index (κ1) is 20.7. The van der Waals surface area contributed by atoms with Gasteiger partial charge in [-0.2, -0.15) is 0 Å². The number of amides is 2. The minimum Gasteiger partial charge on any atom is -0.350 e. The summed E-state index contributed by atoms with van der Waals surface area (Å²) in [6.07, 6.45) is 2.94. The molecule has 0 radical (unpaired) electrons. The zero-order valence-electron chi connectivity index (χ0n) is 18.3. The Morgan fingerprint density at radius 3 is 2.50 bits per heavy atom. The molecule has 2 aliphatic rings. The number of hydrogen-bond acceptors (Lipinski definition) is 4. The number of aromatic nitrogens is 1. The fraction of sp³-hybridized carbons (Fsp3) is 0.360. The zero-order valence-corrected chi connectivity index (χ0v) is 18.3. The molecule has 2 aliphatic heterocycles. The smallest absolute Gasteiger partial charge is 0.235 e. The monoisotopic (exact) mass is 431 g/mol. The molecular formula is C25H29N5O2. The van der Waals surface area contributed by atoms with Crippen molar-refractivity contribution < 1.29 is 9.59 Å². The van der Waals surface area contributed by atoms with Crippen LogP contribution in [0.2, 0.25) is 0 Å². The number of para-hydroxylation sites is 1. The molecule has 166 valence electrons. The summed E-state index contributed by atoms with van der Waals surface area (Å²) in [5.41, 5.74) is 9.37. The summed E-state index contributed by atoms with van der Waals surface area (Å²) >= 11 is 0. The molecule has 0 spiro atoms. The van der Waals surface area contributed by atoms with Crippen molar-refractivity contribution in [3.8, 4) is 0 Å². The molecule has 2 unspecified atom stereocenters. The number of fused-ring (bicyclic) bond motifs is 1. The Hall–Kier alpha value is -3.16. The van der Waals surface area contributed by atoms with Crippen LogP contribution < -0.4 is 10.9 Å². The third-order valence-electron chi connectivity index (χ3n) is 6.76. The molecule has 3 aromatic rings. The minimum atomic E-state index is 0.0108. The maximum atomic E-state index is 13.1. The van der Waals surface area contributed by atoms with Crippen molar-refractivity contribution in [3.63, 3.8) is 0 Å². The fourth-order valence-electron chi connectivity index (χ4n) is 5.06. The van der Waals surface area contributed by atoms with Crippen molar-refractivity contribution in [2.75, 3.05) is 26.2 Å². The molecule has 7 heteroatoms. The lowest BCUT2D eigenvalue weighted by Crippen LogP contribution is -2.60. The number of benzene rings is 2. The van der Waals surface area contributed by atoms with Crippen LogP contribution in [0.5, 0.6) is 0 Å². The molecule has 5 rings (SSSR count). The topological polar surface area (TPSA) is 69.6 Å². The summed E-state index contributed by atoms with van der Waals surface area (Å²) in [4.78, 5) is 29.5. The SMILES string of the molecule is Cn1cc(CC(=O)N2CCN(C3CC(=O)NNC3c3ccccc3)CC2)c2ccccc21. The Labute approximate surface area is 188 Å². The molecule has 0 bridgehead atoms. The number of rotatable bonds is 4. The van der Waals surface area contributed by atoms with E-state index in [1.165, 1.54) is 0 Å². The third kappa shape index (κ3) is 4.01. The molecule has 1 aromatic heterocycles. The van der Waals surface area contributed by atoms with E-state index < -0.39 is 0 Å². The Bertz CT molecular complexity index is 1120. The molecule has 2 aromatic carbocycles. The Morgan fingerprint density at radius 1 is 1.00 bits per heavy atom. The van der Waals surface area contributed by atoms with Gasteiger partial charge in [0.2, 0.25) is 11.8 Å². The summed E-state index contributed by atoms with van der Waals surface area (Å²) in [5, 5.41) is 1.15. The van der Waals surface area contributed by atoms with E-state index in [1.807, 2.05) is 42.3 Å². The standard InChI is InChI=1S/C25H29N5O2/c1-28-17-19(20-9-5-6-10-21(20)28)15-24(32)30-13-11-29(12-14-30)22-16-23(31)26-27-25(22)18-7-3-2-4-8-18/h2-10,17,22,25,27H,11-16H2,1H3,(H,26,31). The van der Waals surface area contributed by atoms with E-state index in [0.717, 1.165) is 35.1 Å². The number of nitrogens with zero attached hydrogens (tertiary/aromatic N) is 3. The van der Waals surface area contributed by atoms with Gasteiger partial charge in [-0.05, 0) is 17.2 Å². The van der Waals surface area contributed by atoms with Crippen LogP contribution in [0.4, 0.5) is 0 Å². The average molecular weight is 432 g/mol. The average Bonchev–Trinajstić information content (AvgIpc) is 3.15. The number of carbonyl (C=O) groups is 2.